The van der Waals surface area contributed by atoms with Crippen LogP contribution in [0.4, 0.5) is 11.4 Å². The van der Waals surface area contributed by atoms with Gasteiger partial charge in [-0.2, -0.15) is 0 Å². The van der Waals surface area contributed by atoms with E-state index in [-0.39, 0.29) is 24.8 Å². The lowest BCUT2D eigenvalue weighted by molar-refractivity contribution is 0.0527. The SMILES string of the molecule is CCOC(=O)c1cnc2ccc(OCC)cc2c1Nc1ccc(O)cc1.Cl. The summed E-state index contributed by atoms with van der Waals surface area (Å²) in [5.41, 5.74) is 2.37. The summed E-state index contributed by atoms with van der Waals surface area (Å²) in [4.78, 5) is 16.8. The molecular weight excluding hydrogens is 368 g/mol. The van der Waals surface area contributed by atoms with Gasteiger partial charge in [0.05, 0.1) is 24.4 Å². The van der Waals surface area contributed by atoms with Gasteiger partial charge in [0.15, 0.2) is 0 Å². The van der Waals surface area contributed by atoms with Gasteiger partial charge in [-0.15, -0.1) is 12.4 Å². The molecule has 0 bridgehead atoms. The van der Waals surface area contributed by atoms with E-state index in [0.29, 0.717) is 23.6 Å². The van der Waals surface area contributed by atoms with Crippen molar-refractivity contribution in [1.82, 2.24) is 4.98 Å². The maximum absolute atomic E-state index is 12.4. The fourth-order valence-corrected chi connectivity index (χ4v) is 2.62. The fraction of sp³-hybridized carbons (Fsp3) is 0.200. The van der Waals surface area contributed by atoms with Gasteiger partial charge in [0.25, 0.3) is 0 Å². The largest absolute Gasteiger partial charge is 0.508 e. The van der Waals surface area contributed by atoms with Crippen LogP contribution in [0.25, 0.3) is 10.9 Å². The van der Waals surface area contributed by atoms with Gasteiger partial charge in [0, 0.05) is 17.3 Å². The van der Waals surface area contributed by atoms with Crippen molar-refractivity contribution in [2.75, 3.05) is 18.5 Å². The van der Waals surface area contributed by atoms with E-state index in [9.17, 15) is 9.90 Å². The number of benzene rings is 2. The lowest BCUT2D eigenvalue weighted by atomic mass is 10.1. The number of anilines is 2. The van der Waals surface area contributed by atoms with Crippen LogP contribution >= 0.6 is 12.4 Å². The molecule has 3 aromatic rings. The molecule has 0 saturated carbocycles. The third kappa shape index (κ3) is 4.60. The van der Waals surface area contributed by atoms with Gasteiger partial charge in [-0.1, -0.05) is 0 Å². The second-order valence-electron chi connectivity index (χ2n) is 5.55. The molecule has 0 unspecified atom stereocenters. The molecule has 0 aliphatic rings. The van der Waals surface area contributed by atoms with Crippen molar-refractivity contribution in [2.24, 2.45) is 0 Å². The second-order valence-corrected chi connectivity index (χ2v) is 5.55. The van der Waals surface area contributed by atoms with Crippen LogP contribution in [0.1, 0.15) is 24.2 Å². The number of hydrogen-bond donors (Lipinski definition) is 2. The molecule has 0 atom stereocenters. The molecule has 0 fully saturated rings. The molecule has 27 heavy (non-hydrogen) atoms. The Bertz CT molecular complexity index is 929. The van der Waals surface area contributed by atoms with E-state index < -0.39 is 5.97 Å². The normalized spacial score (nSPS) is 10.1. The number of rotatable bonds is 6. The van der Waals surface area contributed by atoms with Crippen LogP contribution in [0, 0.1) is 0 Å². The Labute approximate surface area is 163 Å². The molecule has 0 aliphatic carbocycles. The highest BCUT2D eigenvalue weighted by atomic mass is 35.5. The number of aromatic nitrogens is 1. The van der Waals surface area contributed by atoms with Crippen LogP contribution in [0.2, 0.25) is 0 Å². The maximum atomic E-state index is 12.4. The Hall–Kier alpha value is -2.99. The first-order valence-electron chi connectivity index (χ1n) is 8.41. The summed E-state index contributed by atoms with van der Waals surface area (Å²) in [6, 6.07) is 12.1. The van der Waals surface area contributed by atoms with Crippen LogP contribution in [0.3, 0.4) is 0 Å². The Morgan fingerprint density at radius 3 is 2.52 bits per heavy atom. The monoisotopic (exact) mass is 388 g/mol. The summed E-state index contributed by atoms with van der Waals surface area (Å²) >= 11 is 0. The molecule has 1 aromatic heterocycles. The molecule has 1 heterocycles. The molecule has 0 radical (unpaired) electrons. The third-order valence-electron chi connectivity index (χ3n) is 3.78. The number of fused-ring (bicyclic) bond motifs is 1. The number of halogens is 1. The van der Waals surface area contributed by atoms with Crippen molar-refractivity contribution in [1.29, 1.82) is 0 Å². The van der Waals surface area contributed by atoms with Gasteiger partial charge >= 0.3 is 5.97 Å². The first-order valence-corrected chi connectivity index (χ1v) is 8.41. The predicted octanol–water partition coefficient (Wildman–Crippen LogP) is 4.68. The summed E-state index contributed by atoms with van der Waals surface area (Å²) in [5.74, 6) is 0.404. The van der Waals surface area contributed by atoms with Crippen LogP contribution in [0.5, 0.6) is 11.5 Å². The minimum Gasteiger partial charge on any atom is -0.508 e. The molecule has 0 saturated heterocycles. The zero-order chi connectivity index (χ0) is 18.5. The van der Waals surface area contributed by atoms with Crippen LogP contribution in [-0.4, -0.2) is 29.3 Å². The van der Waals surface area contributed by atoms with Crippen molar-refractivity contribution >= 4 is 40.7 Å². The van der Waals surface area contributed by atoms with Gasteiger partial charge in [-0.25, -0.2) is 4.79 Å². The molecule has 2 aromatic carbocycles. The number of hydrogen-bond acceptors (Lipinski definition) is 6. The summed E-state index contributed by atoms with van der Waals surface area (Å²) in [6.45, 7) is 4.48. The minimum atomic E-state index is -0.454. The van der Waals surface area contributed by atoms with Crippen molar-refractivity contribution in [3.63, 3.8) is 0 Å². The minimum absolute atomic E-state index is 0. The van der Waals surface area contributed by atoms with Crippen molar-refractivity contribution in [3.8, 4) is 11.5 Å². The van der Waals surface area contributed by atoms with E-state index in [0.717, 1.165) is 16.6 Å². The summed E-state index contributed by atoms with van der Waals surface area (Å²) in [7, 11) is 0. The molecule has 6 nitrogen and oxygen atoms in total. The van der Waals surface area contributed by atoms with Gasteiger partial charge in [-0.3, -0.25) is 4.98 Å². The number of ether oxygens (including phenoxy) is 2. The van der Waals surface area contributed by atoms with Crippen LogP contribution in [0.15, 0.2) is 48.7 Å². The smallest absolute Gasteiger partial charge is 0.341 e. The number of aromatic hydroxyl groups is 1. The van der Waals surface area contributed by atoms with E-state index in [4.69, 9.17) is 9.47 Å². The van der Waals surface area contributed by atoms with E-state index >= 15 is 0 Å². The lowest BCUT2D eigenvalue weighted by Gasteiger charge is -2.15. The standard InChI is InChI=1S/C20H20N2O4.ClH/c1-3-25-15-9-10-18-16(11-15)19(17(12-21-18)20(24)26-4-2)22-13-5-7-14(23)8-6-13;/h5-12,23H,3-4H2,1-2H3,(H,21,22);1H. The Morgan fingerprint density at radius 2 is 1.85 bits per heavy atom. The average molecular weight is 389 g/mol. The predicted molar refractivity (Wildman–Crippen MR) is 108 cm³/mol. The van der Waals surface area contributed by atoms with Crippen LogP contribution in [-0.2, 0) is 4.74 Å². The molecule has 0 amide bonds. The Morgan fingerprint density at radius 1 is 1.11 bits per heavy atom. The summed E-state index contributed by atoms with van der Waals surface area (Å²) in [5, 5.41) is 13.5. The topological polar surface area (TPSA) is 80.7 Å². The van der Waals surface area contributed by atoms with Gasteiger partial charge in [-0.05, 0) is 56.3 Å². The number of nitrogens with zero attached hydrogens (tertiary/aromatic N) is 1. The third-order valence-corrected chi connectivity index (χ3v) is 3.78. The van der Waals surface area contributed by atoms with Gasteiger partial charge in [0.2, 0.25) is 0 Å². The van der Waals surface area contributed by atoms with E-state index in [2.05, 4.69) is 10.3 Å². The average Bonchev–Trinajstić information content (AvgIpc) is 2.64. The number of carbonyl (C=O) groups excluding carboxylic acids is 1. The first kappa shape index (κ1) is 20.3. The second kappa shape index (κ2) is 9.09. The number of pyridine rings is 1. The molecular formula is C20H21ClN2O4. The number of phenolic OH excluding ortho intramolecular Hbond substituents is 1. The van der Waals surface area contributed by atoms with E-state index in [1.54, 1.807) is 31.2 Å². The van der Waals surface area contributed by atoms with Crippen molar-refractivity contribution in [2.45, 2.75) is 13.8 Å². The summed E-state index contributed by atoms with van der Waals surface area (Å²) < 4.78 is 10.7. The van der Waals surface area contributed by atoms with Crippen molar-refractivity contribution < 1.29 is 19.4 Å². The summed E-state index contributed by atoms with van der Waals surface area (Å²) in [6.07, 6.45) is 1.50. The highest BCUT2D eigenvalue weighted by Crippen LogP contribution is 2.32. The molecule has 142 valence electrons. The zero-order valence-corrected chi connectivity index (χ0v) is 15.9. The van der Waals surface area contributed by atoms with Gasteiger partial charge < -0.3 is 19.9 Å². The fourth-order valence-electron chi connectivity index (χ4n) is 2.62. The molecule has 0 aliphatic heterocycles. The van der Waals surface area contributed by atoms with Crippen LogP contribution < -0.4 is 10.1 Å². The number of phenols is 1. The maximum Gasteiger partial charge on any atom is 0.341 e. The van der Waals surface area contributed by atoms with E-state index in [1.807, 2.05) is 25.1 Å². The molecule has 2 N–H and O–H groups in total. The molecule has 3 rings (SSSR count). The first-order chi connectivity index (χ1) is 12.6. The highest BCUT2D eigenvalue weighted by molar-refractivity contribution is 6.06. The Balaban J connectivity index is 0.00000261. The number of esters is 1. The molecule has 7 heteroatoms. The molecule has 0 spiro atoms. The number of carbonyl (C=O) groups is 1. The highest BCUT2D eigenvalue weighted by Gasteiger charge is 2.17. The zero-order valence-electron chi connectivity index (χ0n) is 15.1. The quantitative estimate of drug-likeness (QED) is 0.471. The van der Waals surface area contributed by atoms with Crippen molar-refractivity contribution in [3.05, 3.63) is 54.2 Å². The van der Waals surface area contributed by atoms with Gasteiger partial charge in [0.1, 0.15) is 17.1 Å². The number of nitrogens with one attached hydrogen (secondary N) is 1. The lowest BCUT2D eigenvalue weighted by Crippen LogP contribution is -2.09. The Kier molecular flexibility index (Phi) is 6.85. The van der Waals surface area contributed by atoms with E-state index in [1.165, 1.54) is 6.20 Å².